The molecule has 0 amide bonds. The first-order valence-electron chi connectivity index (χ1n) is 9.96. The van der Waals surface area contributed by atoms with E-state index < -0.39 is 11.9 Å². The summed E-state index contributed by atoms with van der Waals surface area (Å²) in [6.07, 6.45) is 1.51. The summed E-state index contributed by atoms with van der Waals surface area (Å²) in [7, 11) is 0. The Morgan fingerprint density at radius 3 is 2.09 bits per heavy atom. The molecule has 0 bridgehead atoms. The summed E-state index contributed by atoms with van der Waals surface area (Å²) in [5.74, 6) is -1.24. The molecule has 0 unspecified atom stereocenters. The third-order valence-electron chi connectivity index (χ3n) is 4.29. The number of nitrogens with one attached hydrogen (secondary N) is 1. The quantitative estimate of drug-likeness (QED) is 0.217. The van der Waals surface area contributed by atoms with Crippen LogP contribution in [0.4, 0.5) is 11.4 Å². The number of ether oxygens (including phenoxy) is 1. The zero-order valence-corrected chi connectivity index (χ0v) is 20.2. The van der Waals surface area contributed by atoms with Gasteiger partial charge in [-0.1, -0.05) is 77.8 Å². The maximum absolute atomic E-state index is 10.8. The molecule has 0 heterocycles. The van der Waals surface area contributed by atoms with Gasteiger partial charge in [0.05, 0.1) is 33.6 Å². The van der Waals surface area contributed by atoms with Crippen LogP contribution < -0.4 is 10.1 Å². The van der Waals surface area contributed by atoms with E-state index in [-0.39, 0.29) is 42.4 Å². The van der Waals surface area contributed by atoms with Crippen molar-refractivity contribution >= 4 is 87.7 Å². The second kappa shape index (κ2) is 15.7. The van der Waals surface area contributed by atoms with Crippen molar-refractivity contribution in [2.24, 2.45) is 0 Å². The second-order valence-corrected chi connectivity index (χ2v) is 8.11. The van der Waals surface area contributed by atoms with Crippen molar-refractivity contribution in [2.75, 3.05) is 11.9 Å². The van der Waals surface area contributed by atoms with Gasteiger partial charge in [0, 0.05) is 5.69 Å². The topological polar surface area (TPSA) is 95.9 Å². The van der Waals surface area contributed by atoms with Crippen molar-refractivity contribution in [2.45, 2.75) is 12.8 Å². The number of para-hydroxylation sites is 2. The van der Waals surface area contributed by atoms with Crippen molar-refractivity contribution in [3.05, 3.63) is 99.5 Å². The molecule has 3 aromatic rings. The number of rotatable bonds is 9. The van der Waals surface area contributed by atoms with Crippen LogP contribution in [-0.4, -0.2) is 58.3 Å². The molecule has 0 aliphatic heterocycles. The van der Waals surface area contributed by atoms with Crippen LogP contribution in [0.2, 0.25) is 15.1 Å². The number of halogens is 3. The molecule has 0 aliphatic carbocycles. The van der Waals surface area contributed by atoms with Crippen molar-refractivity contribution in [3.8, 4) is 5.75 Å². The van der Waals surface area contributed by atoms with Crippen molar-refractivity contribution in [3.63, 3.8) is 0 Å². The van der Waals surface area contributed by atoms with E-state index in [0.717, 1.165) is 0 Å². The van der Waals surface area contributed by atoms with Gasteiger partial charge in [-0.2, -0.15) is 0 Å². The fraction of sp³-hybridized carbons (Fsp3) is 0.120. The molecule has 0 aliphatic rings. The molecule has 0 radical (unpaired) electrons. The summed E-state index contributed by atoms with van der Waals surface area (Å²) in [6.45, 7) is 3.89. The summed E-state index contributed by atoms with van der Waals surface area (Å²) >= 11 is 18.0. The van der Waals surface area contributed by atoms with Gasteiger partial charge in [-0.15, -0.1) is 0 Å². The van der Waals surface area contributed by atoms with Crippen molar-refractivity contribution < 1.29 is 24.5 Å². The number of aliphatic carboxylic acids is 2. The number of hydrogen-bond acceptors (Lipinski definition) is 4. The molecule has 3 N–H and O–H groups in total. The third-order valence-corrected chi connectivity index (χ3v) is 5.22. The van der Waals surface area contributed by atoms with E-state index in [9.17, 15) is 9.59 Å². The molecule has 10 heteroatoms. The van der Waals surface area contributed by atoms with Crippen LogP contribution in [0.5, 0.6) is 5.75 Å². The molecule has 0 aromatic heterocycles. The standard InChI is InChI=1S/C14H11Cl2NO2.C11H11ClO3.Na.H/c15-10-5-3-6-11(16)14(10)17-12-7-2-1-4-9(12)8-13(18)19;1-2-5-15-10-4-3-8(6-9(10)12)7-11(13)14;;/h1-7,17H,8H2,(H,18,19);2-4,6H,1,5,7H2,(H,13,14);;. The first kappa shape index (κ1) is 30.8. The van der Waals surface area contributed by atoms with Crippen LogP contribution in [0.25, 0.3) is 0 Å². The van der Waals surface area contributed by atoms with Crippen LogP contribution in [0.3, 0.4) is 0 Å². The predicted molar refractivity (Wildman–Crippen MR) is 143 cm³/mol. The van der Waals surface area contributed by atoms with E-state index >= 15 is 0 Å². The van der Waals surface area contributed by atoms with Gasteiger partial charge >= 0.3 is 41.5 Å². The zero-order valence-electron chi connectivity index (χ0n) is 17.9. The predicted octanol–water partition coefficient (Wildman–Crippen LogP) is 6.25. The number of carboxylic acids is 2. The summed E-state index contributed by atoms with van der Waals surface area (Å²) in [4.78, 5) is 21.3. The molecule has 0 fully saturated rings. The third kappa shape index (κ3) is 10.5. The van der Waals surface area contributed by atoms with E-state index in [1.54, 1.807) is 60.7 Å². The number of carbonyl (C=O) groups is 2. The van der Waals surface area contributed by atoms with Crippen LogP contribution in [-0.2, 0) is 22.4 Å². The van der Waals surface area contributed by atoms with Gasteiger partial charge < -0.3 is 20.3 Å². The van der Waals surface area contributed by atoms with E-state index in [0.29, 0.717) is 49.9 Å². The Balaban J connectivity index is 0.000000350. The van der Waals surface area contributed by atoms with E-state index in [1.807, 2.05) is 6.07 Å². The molecule has 0 spiro atoms. The molecule has 0 saturated carbocycles. The van der Waals surface area contributed by atoms with Gasteiger partial charge in [-0.25, -0.2) is 0 Å². The monoisotopic (exact) mass is 545 g/mol. The van der Waals surface area contributed by atoms with Crippen LogP contribution in [0, 0.1) is 0 Å². The Kier molecular flexibility index (Phi) is 13.9. The molecule has 0 saturated heterocycles. The Labute approximate surface area is 240 Å². The molecular weight excluding hydrogens is 524 g/mol. The van der Waals surface area contributed by atoms with Gasteiger partial charge in [-0.05, 0) is 41.5 Å². The minimum absolute atomic E-state index is 0. The second-order valence-electron chi connectivity index (χ2n) is 6.88. The van der Waals surface area contributed by atoms with Gasteiger partial charge in [0.2, 0.25) is 0 Å². The van der Waals surface area contributed by atoms with Gasteiger partial charge in [0.25, 0.3) is 0 Å². The van der Waals surface area contributed by atoms with Crippen LogP contribution in [0.1, 0.15) is 11.1 Å². The summed E-state index contributed by atoms with van der Waals surface area (Å²) in [5.41, 5.74) is 2.58. The van der Waals surface area contributed by atoms with Crippen molar-refractivity contribution in [1.82, 2.24) is 0 Å². The Bertz CT molecular complexity index is 1150. The summed E-state index contributed by atoms with van der Waals surface area (Å²) < 4.78 is 5.25. The van der Waals surface area contributed by atoms with Crippen LogP contribution >= 0.6 is 34.8 Å². The molecular formula is C25H23Cl3NNaO5. The van der Waals surface area contributed by atoms with Crippen LogP contribution in [0.15, 0.2) is 73.3 Å². The average Bonchev–Trinajstić information content (AvgIpc) is 2.77. The average molecular weight is 547 g/mol. The van der Waals surface area contributed by atoms with Gasteiger partial charge in [-0.3, -0.25) is 9.59 Å². The number of hydrogen-bond donors (Lipinski definition) is 3. The Morgan fingerprint density at radius 1 is 0.886 bits per heavy atom. The van der Waals surface area contributed by atoms with Gasteiger partial charge in [0.1, 0.15) is 12.4 Å². The summed E-state index contributed by atoms with van der Waals surface area (Å²) in [5, 5.41) is 21.9. The fourth-order valence-corrected chi connectivity index (χ4v) is 3.56. The summed E-state index contributed by atoms with van der Waals surface area (Å²) in [6, 6.07) is 17.3. The molecule has 180 valence electrons. The minimum atomic E-state index is -0.889. The first-order chi connectivity index (χ1) is 16.2. The van der Waals surface area contributed by atoms with Crippen molar-refractivity contribution in [1.29, 1.82) is 0 Å². The molecule has 6 nitrogen and oxygen atoms in total. The Morgan fingerprint density at radius 2 is 1.51 bits per heavy atom. The fourth-order valence-electron chi connectivity index (χ4n) is 2.81. The first-order valence-corrected chi connectivity index (χ1v) is 11.1. The number of benzene rings is 3. The molecule has 35 heavy (non-hydrogen) atoms. The van der Waals surface area contributed by atoms with E-state index in [4.69, 9.17) is 49.8 Å². The molecule has 3 aromatic carbocycles. The Hall–Kier alpha value is -2.19. The molecule has 3 rings (SSSR count). The maximum atomic E-state index is 10.8. The van der Waals surface area contributed by atoms with E-state index in [1.165, 1.54) is 0 Å². The zero-order chi connectivity index (χ0) is 25.1. The number of carboxylic acid groups (broad SMARTS) is 2. The normalized spacial score (nSPS) is 9.69. The van der Waals surface area contributed by atoms with Gasteiger partial charge in [0.15, 0.2) is 0 Å². The number of anilines is 2. The molecule has 0 atom stereocenters. The van der Waals surface area contributed by atoms with E-state index in [2.05, 4.69) is 11.9 Å². The SMILES string of the molecule is C=CCOc1ccc(CC(=O)O)cc1Cl.O=C(O)Cc1ccccc1Nc1c(Cl)cccc1Cl.[NaH].